The third-order valence-corrected chi connectivity index (χ3v) is 2.04. The lowest BCUT2D eigenvalue weighted by atomic mass is 9.97. The molecule has 0 amide bonds. The molecule has 0 radical (unpaired) electrons. The second-order valence-electron chi connectivity index (χ2n) is 2.79. The summed E-state index contributed by atoms with van der Waals surface area (Å²) in [5.41, 5.74) is 2.79. The van der Waals surface area contributed by atoms with Crippen molar-refractivity contribution in [1.82, 2.24) is 5.43 Å². The number of hydrogen-bond acceptors (Lipinski definition) is 2. The molecule has 2 heteroatoms. The van der Waals surface area contributed by atoms with Crippen molar-refractivity contribution >= 4 is 0 Å². The Kier molecular flexibility index (Phi) is 5.91. The van der Waals surface area contributed by atoms with Gasteiger partial charge < -0.3 is 0 Å². The van der Waals surface area contributed by atoms with Gasteiger partial charge >= 0.3 is 0 Å². The standard InChI is InChI=1S/C9H18N2/c1-4-6-7-9(11-10)8(3)5-2/h8-9,11H,5,7,10H2,1-3H3. The lowest BCUT2D eigenvalue weighted by molar-refractivity contribution is 0.378. The molecule has 2 unspecified atom stereocenters. The summed E-state index contributed by atoms with van der Waals surface area (Å²) in [5.74, 6) is 11.9. The van der Waals surface area contributed by atoms with Crippen molar-refractivity contribution in [2.24, 2.45) is 11.8 Å². The Morgan fingerprint density at radius 2 is 2.18 bits per heavy atom. The van der Waals surface area contributed by atoms with Crippen molar-refractivity contribution in [3.05, 3.63) is 0 Å². The predicted octanol–water partition coefficient (Wildman–Crippen LogP) is 1.28. The number of rotatable bonds is 4. The van der Waals surface area contributed by atoms with Crippen molar-refractivity contribution in [1.29, 1.82) is 0 Å². The highest BCUT2D eigenvalue weighted by molar-refractivity contribution is 4.98. The SMILES string of the molecule is CC#CCC(NN)C(C)CC. The molecule has 0 spiro atoms. The van der Waals surface area contributed by atoms with Crippen LogP contribution in [0.1, 0.15) is 33.6 Å². The summed E-state index contributed by atoms with van der Waals surface area (Å²) in [5, 5.41) is 0. The van der Waals surface area contributed by atoms with Gasteiger partial charge in [0.25, 0.3) is 0 Å². The molecular weight excluding hydrogens is 136 g/mol. The maximum atomic E-state index is 5.37. The van der Waals surface area contributed by atoms with Gasteiger partial charge in [0.15, 0.2) is 0 Å². The van der Waals surface area contributed by atoms with Crippen LogP contribution in [0, 0.1) is 17.8 Å². The van der Waals surface area contributed by atoms with Gasteiger partial charge in [-0.3, -0.25) is 11.3 Å². The van der Waals surface area contributed by atoms with Gasteiger partial charge in [-0.05, 0) is 12.8 Å². The molecular formula is C9H18N2. The first-order valence-corrected chi connectivity index (χ1v) is 4.12. The minimum atomic E-state index is 0.340. The first-order chi connectivity index (χ1) is 5.26. The molecule has 0 aliphatic heterocycles. The molecule has 0 aliphatic carbocycles. The fraction of sp³-hybridized carbons (Fsp3) is 0.778. The lowest BCUT2D eigenvalue weighted by Gasteiger charge is -2.19. The maximum Gasteiger partial charge on any atom is 0.0345 e. The molecule has 0 bridgehead atoms. The van der Waals surface area contributed by atoms with Crippen LogP contribution in [0.25, 0.3) is 0 Å². The molecule has 0 saturated carbocycles. The van der Waals surface area contributed by atoms with E-state index in [2.05, 4.69) is 31.1 Å². The van der Waals surface area contributed by atoms with Crippen molar-refractivity contribution in [2.45, 2.75) is 39.7 Å². The summed E-state index contributed by atoms with van der Waals surface area (Å²) in [6.07, 6.45) is 1.99. The average Bonchev–Trinajstić information content (AvgIpc) is 2.05. The van der Waals surface area contributed by atoms with E-state index in [4.69, 9.17) is 5.84 Å². The number of hydrazine groups is 1. The second kappa shape index (κ2) is 6.21. The molecule has 0 aromatic rings. The molecule has 0 aromatic carbocycles. The zero-order chi connectivity index (χ0) is 8.69. The van der Waals surface area contributed by atoms with Gasteiger partial charge in [0, 0.05) is 12.5 Å². The number of hydrogen-bond donors (Lipinski definition) is 2. The van der Waals surface area contributed by atoms with Crippen LogP contribution >= 0.6 is 0 Å². The fourth-order valence-corrected chi connectivity index (χ4v) is 0.921. The number of nitrogens with one attached hydrogen (secondary N) is 1. The van der Waals surface area contributed by atoms with Crippen LogP contribution < -0.4 is 11.3 Å². The molecule has 0 aromatic heterocycles. The lowest BCUT2D eigenvalue weighted by Crippen LogP contribution is -2.39. The molecule has 11 heavy (non-hydrogen) atoms. The van der Waals surface area contributed by atoms with Gasteiger partial charge in [-0.25, -0.2) is 0 Å². The van der Waals surface area contributed by atoms with Crippen LogP contribution in [0.4, 0.5) is 0 Å². The molecule has 0 aliphatic rings. The van der Waals surface area contributed by atoms with Crippen LogP contribution in [0.3, 0.4) is 0 Å². The Balaban J connectivity index is 3.80. The summed E-state index contributed by atoms with van der Waals surface area (Å²) < 4.78 is 0. The third-order valence-electron chi connectivity index (χ3n) is 2.04. The zero-order valence-corrected chi connectivity index (χ0v) is 7.65. The summed E-state index contributed by atoms with van der Waals surface area (Å²) in [6, 6.07) is 0.340. The van der Waals surface area contributed by atoms with E-state index in [9.17, 15) is 0 Å². The Morgan fingerprint density at radius 3 is 2.55 bits per heavy atom. The van der Waals surface area contributed by atoms with Crippen molar-refractivity contribution in [2.75, 3.05) is 0 Å². The second-order valence-corrected chi connectivity index (χ2v) is 2.79. The molecule has 3 N–H and O–H groups in total. The minimum absolute atomic E-state index is 0.340. The molecule has 0 saturated heterocycles. The predicted molar refractivity (Wildman–Crippen MR) is 48.6 cm³/mol. The fourth-order valence-electron chi connectivity index (χ4n) is 0.921. The van der Waals surface area contributed by atoms with E-state index in [1.54, 1.807) is 0 Å². The average molecular weight is 154 g/mol. The van der Waals surface area contributed by atoms with Crippen LogP contribution in [0.2, 0.25) is 0 Å². The van der Waals surface area contributed by atoms with Crippen LogP contribution in [-0.2, 0) is 0 Å². The molecule has 0 rings (SSSR count). The zero-order valence-electron chi connectivity index (χ0n) is 7.65. The van der Waals surface area contributed by atoms with Crippen LogP contribution in [0.15, 0.2) is 0 Å². The maximum absolute atomic E-state index is 5.37. The van der Waals surface area contributed by atoms with Gasteiger partial charge in [-0.2, -0.15) is 0 Å². The van der Waals surface area contributed by atoms with Crippen molar-refractivity contribution < 1.29 is 0 Å². The first kappa shape index (κ1) is 10.5. The minimum Gasteiger partial charge on any atom is -0.271 e. The molecule has 0 fully saturated rings. The smallest absolute Gasteiger partial charge is 0.0345 e. The van der Waals surface area contributed by atoms with Gasteiger partial charge in [0.1, 0.15) is 0 Å². The summed E-state index contributed by atoms with van der Waals surface area (Å²) in [4.78, 5) is 0. The highest BCUT2D eigenvalue weighted by Crippen LogP contribution is 2.08. The largest absolute Gasteiger partial charge is 0.271 e. The van der Waals surface area contributed by atoms with E-state index in [1.807, 2.05) is 6.92 Å². The summed E-state index contributed by atoms with van der Waals surface area (Å²) in [7, 11) is 0. The summed E-state index contributed by atoms with van der Waals surface area (Å²) >= 11 is 0. The van der Waals surface area contributed by atoms with E-state index in [1.165, 1.54) is 0 Å². The van der Waals surface area contributed by atoms with E-state index in [-0.39, 0.29) is 0 Å². The van der Waals surface area contributed by atoms with E-state index >= 15 is 0 Å². The topological polar surface area (TPSA) is 38.0 Å². The van der Waals surface area contributed by atoms with Crippen LogP contribution in [0.5, 0.6) is 0 Å². The van der Waals surface area contributed by atoms with Gasteiger partial charge in [-0.15, -0.1) is 11.8 Å². The normalized spacial score (nSPS) is 14.9. The van der Waals surface area contributed by atoms with E-state index < -0.39 is 0 Å². The van der Waals surface area contributed by atoms with Crippen molar-refractivity contribution in [3.8, 4) is 11.8 Å². The summed E-state index contributed by atoms with van der Waals surface area (Å²) in [6.45, 7) is 6.19. The van der Waals surface area contributed by atoms with Gasteiger partial charge in [0.05, 0.1) is 0 Å². The molecule has 0 heterocycles. The molecule has 2 atom stereocenters. The Labute approximate surface area is 69.5 Å². The van der Waals surface area contributed by atoms with Gasteiger partial charge in [0.2, 0.25) is 0 Å². The first-order valence-electron chi connectivity index (χ1n) is 4.12. The third kappa shape index (κ3) is 4.02. The Bertz CT molecular complexity index is 143. The quantitative estimate of drug-likeness (QED) is 0.363. The van der Waals surface area contributed by atoms with Crippen molar-refractivity contribution in [3.63, 3.8) is 0 Å². The van der Waals surface area contributed by atoms with E-state index in [0.717, 1.165) is 12.8 Å². The van der Waals surface area contributed by atoms with Crippen LogP contribution in [-0.4, -0.2) is 6.04 Å². The van der Waals surface area contributed by atoms with Gasteiger partial charge in [-0.1, -0.05) is 20.3 Å². The monoisotopic (exact) mass is 154 g/mol. The molecule has 64 valence electrons. The van der Waals surface area contributed by atoms with E-state index in [0.29, 0.717) is 12.0 Å². The molecule has 2 nitrogen and oxygen atoms in total. The highest BCUT2D eigenvalue weighted by Gasteiger charge is 2.11. The highest BCUT2D eigenvalue weighted by atomic mass is 15.2. The number of nitrogens with two attached hydrogens (primary N) is 1. The Morgan fingerprint density at radius 1 is 1.55 bits per heavy atom. The Hall–Kier alpha value is -0.520.